The summed E-state index contributed by atoms with van der Waals surface area (Å²) in [4.78, 5) is 14.1. The SMILES string of the molecule is C=C/C=C(\C=C\O)c1nc(N2CCOCC2)nc2c1CCN2c1ccc(Cl)cc1. The van der Waals surface area contributed by atoms with Crippen LogP contribution in [0.5, 0.6) is 0 Å². The number of ether oxygens (including phenoxy) is 1. The Morgan fingerprint density at radius 3 is 2.59 bits per heavy atom. The lowest BCUT2D eigenvalue weighted by Gasteiger charge is -2.28. The van der Waals surface area contributed by atoms with E-state index < -0.39 is 0 Å². The summed E-state index contributed by atoms with van der Waals surface area (Å²) in [6.07, 6.45) is 7.03. The number of morpholine rings is 1. The van der Waals surface area contributed by atoms with Gasteiger partial charge in [0.05, 0.1) is 25.2 Å². The molecule has 1 aromatic heterocycles. The van der Waals surface area contributed by atoms with Gasteiger partial charge >= 0.3 is 0 Å². The fourth-order valence-corrected chi connectivity index (χ4v) is 3.81. The van der Waals surface area contributed by atoms with Crippen molar-refractivity contribution >= 4 is 34.6 Å². The second kappa shape index (κ2) is 8.68. The molecule has 2 aromatic rings. The van der Waals surface area contributed by atoms with E-state index in [2.05, 4.69) is 16.4 Å². The number of aliphatic hydroxyl groups excluding tert-OH is 1. The smallest absolute Gasteiger partial charge is 0.228 e. The number of aliphatic hydroxyl groups is 1. The molecule has 0 aliphatic carbocycles. The Morgan fingerprint density at radius 2 is 1.90 bits per heavy atom. The van der Waals surface area contributed by atoms with Crippen molar-refractivity contribution in [3.8, 4) is 0 Å². The lowest BCUT2D eigenvalue weighted by atomic mass is 10.1. The van der Waals surface area contributed by atoms with Crippen LogP contribution in [0.2, 0.25) is 5.02 Å². The molecule has 150 valence electrons. The molecular formula is C22H23ClN4O2. The standard InChI is InChI=1S/C22H23ClN4O2/c1-2-3-16(9-13-28)20-19-8-10-27(18-6-4-17(23)5-7-18)21(19)25-22(24-20)26-11-14-29-15-12-26/h2-7,9,13,28H,1,8,10-12,14-15H2/b13-9+,16-3+. The Kier molecular flexibility index (Phi) is 5.83. The van der Waals surface area contributed by atoms with E-state index in [0.29, 0.717) is 24.2 Å². The number of halogens is 1. The van der Waals surface area contributed by atoms with Crippen LogP contribution in [-0.2, 0) is 11.2 Å². The van der Waals surface area contributed by atoms with Crippen LogP contribution in [0.3, 0.4) is 0 Å². The number of fused-ring (bicyclic) bond motifs is 1. The molecule has 29 heavy (non-hydrogen) atoms. The number of allylic oxidation sites excluding steroid dienone is 4. The molecule has 6 nitrogen and oxygen atoms in total. The summed E-state index contributed by atoms with van der Waals surface area (Å²) < 4.78 is 5.48. The van der Waals surface area contributed by atoms with E-state index in [9.17, 15) is 5.11 Å². The molecule has 1 aromatic carbocycles. The van der Waals surface area contributed by atoms with E-state index in [4.69, 9.17) is 26.3 Å². The molecular weight excluding hydrogens is 388 g/mol. The topological polar surface area (TPSA) is 61.7 Å². The second-order valence-electron chi connectivity index (χ2n) is 6.83. The quantitative estimate of drug-likeness (QED) is 0.585. The number of hydrogen-bond acceptors (Lipinski definition) is 6. The second-order valence-corrected chi connectivity index (χ2v) is 7.26. The average Bonchev–Trinajstić information content (AvgIpc) is 3.18. The minimum Gasteiger partial charge on any atom is -0.516 e. The minimum absolute atomic E-state index is 0.655. The van der Waals surface area contributed by atoms with Crippen LogP contribution in [0.15, 0.2) is 55.3 Å². The largest absolute Gasteiger partial charge is 0.516 e. The molecule has 1 fully saturated rings. The predicted octanol–water partition coefficient (Wildman–Crippen LogP) is 4.30. The molecule has 7 heteroatoms. The third kappa shape index (κ3) is 3.99. The van der Waals surface area contributed by atoms with Crippen LogP contribution in [0.25, 0.3) is 5.57 Å². The summed E-state index contributed by atoms with van der Waals surface area (Å²) in [5, 5.41) is 10.1. The minimum atomic E-state index is 0.655. The molecule has 0 spiro atoms. The fraction of sp³-hybridized carbons (Fsp3) is 0.273. The Labute approximate surface area is 175 Å². The van der Waals surface area contributed by atoms with Crippen LogP contribution in [-0.4, -0.2) is 47.9 Å². The zero-order valence-corrected chi connectivity index (χ0v) is 16.8. The summed E-state index contributed by atoms with van der Waals surface area (Å²) in [5.41, 5.74) is 3.72. The molecule has 0 unspecified atom stereocenters. The van der Waals surface area contributed by atoms with Crippen LogP contribution in [0, 0.1) is 0 Å². The highest BCUT2D eigenvalue weighted by Gasteiger charge is 2.29. The van der Waals surface area contributed by atoms with Crippen molar-refractivity contribution < 1.29 is 9.84 Å². The van der Waals surface area contributed by atoms with Gasteiger partial charge in [-0.1, -0.05) is 30.3 Å². The first-order valence-corrected chi connectivity index (χ1v) is 9.99. The molecule has 0 amide bonds. The van der Waals surface area contributed by atoms with Crippen molar-refractivity contribution in [2.75, 3.05) is 42.6 Å². The van der Waals surface area contributed by atoms with Gasteiger partial charge in [-0.3, -0.25) is 0 Å². The number of benzene rings is 1. The highest BCUT2D eigenvalue weighted by molar-refractivity contribution is 6.30. The molecule has 0 saturated carbocycles. The molecule has 2 aliphatic heterocycles. The van der Waals surface area contributed by atoms with Gasteiger partial charge in [0.2, 0.25) is 5.95 Å². The van der Waals surface area contributed by atoms with Gasteiger partial charge in [0.15, 0.2) is 0 Å². The molecule has 0 bridgehead atoms. The first-order chi connectivity index (χ1) is 14.2. The van der Waals surface area contributed by atoms with Crippen molar-refractivity contribution in [2.45, 2.75) is 6.42 Å². The summed E-state index contributed by atoms with van der Waals surface area (Å²) in [5.74, 6) is 1.56. The van der Waals surface area contributed by atoms with Crippen molar-refractivity contribution in [1.82, 2.24) is 9.97 Å². The number of anilines is 3. The third-order valence-corrected chi connectivity index (χ3v) is 5.32. The van der Waals surface area contributed by atoms with Crippen molar-refractivity contribution in [3.05, 3.63) is 71.6 Å². The maximum absolute atomic E-state index is 9.40. The van der Waals surface area contributed by atoms with E-state index in [1.54, 1.807) is 12.2 Å². The highest BCUT2D eigenvalue weighted by atomic mass is 35.5. The molecule has 1 N–H and O–H groups in total. The number of rotatable bonds is 5. The first kappa shape index (κ1) is 19.5. The van der Waals surface area contributed by atoms with Gasteiger partial charge in [-0.2, -0.15) is 4.98 Å². The van der Waals surface area contributed by atoms with Crippen LogP contribution in [0.1, 0.15) is 11.3 Å². The summed E-state index contributed by atoms with van der Waals surface area (Å²) in [6, 6.07) is 7.78. The molecule has 3 heterocycles. The number of aromatic nitrogens is 2. The number of nitrogens with zero attached hydrogens (tertiary/aromatic N) is 4. The molecule has 0 atom stereocenters. The van der Waals surface area contributed by atoms with E-state index in [-0.39, 0.29) is 0 Å². The summed E-state index contributed by atoms with van der Waals surface area (Å²) >= 11 is 6.07. The zero-order valence-electron chi connectivity index (χ0n) is 16.1. The maximum Gasteiger partial charge on any atom is 0.228 e. The number of hydrogen-bond donors (Lipinski definition) is 1. The molecule has 0 radical (unpaired) electrons. The Morgan fingerprint density at radius 1 is 1.14 bits per heavy atom. The van der Waals surface area contributed by atoms with Gasteiger partial charge in [0, 0.05) is 41.5 Å². The van der Waals surface area contributed by atoms with Crippen molar-refractivity contribution in [1.29, 1.82) is 0 Å². The van der Waals surface area contributed by atoms with E-state index in [1.165, 1.54) is 0 Å². The van der Waals surface area contributed by atoms with Gasteiger partial charge < -0.3 is 19.6 Å². The van der Waals surface area contributed by atoms with Gasteiger partial charge in [-0.15, -0.1) is 0 Å². The highest BCUT2D eigenvalue weighted by Crippen LogP contribution is 2.38. The molecule has 4 rings (SSSR count). The normalized spacial score (nSPS) is 17.1. The van der Waals surface area contributed by atoms with E-state index in [0.717, 1.165) is 60.7 Å². The Bertz CT molecular complexity index is 950. The van der Waals surface area contributed by atoms with Crippen molar-refractivity contribution in [2.24, 2.45) is 0 Å². The predicted molar refractivity (Wildman–Crippen MR) is 117 cm³/mol. The Balaban J connectivity index is 1.84. The zero-order chi connectivity index (χ0) is 20.2. The Hall–Kier alpha value is -2.83. The van der Waals surface area contributed by atoms with E-state index in [1.807, 2.05) is 30.3 Å². The summed E-state index contributed by atoms with van der Waals surface area (Å²) in [6.45, 7) is 7.40. The third-order valence-electron chi connectivity index (χ3n) is 5.07. The van der Waals surface area contributed by atoms with Crippen LogP contribution in [0.4, 0.5) is 17.5 Å². The lowest BCUT2D eigenvalue weighted by molar-refractivity contribution is 0.122. The van der Waals surface area contributed by atoms with Gasteiger partial charge in [0.1, 0.15) is 5.82 Å². The van der Waals surface area contributed by atoms with Gasteiger partial charge in [-0.25, -0.2) is 4.98 Å². The van der Waals surface area contributed by atoms with Gasteiger partial charge in [-0.05, 0) is 36.8 Å². The molecule has 1 saturated heterocycles. The van der Waals surface area contributed by atoms with Crippen LogP contribution >= 0.6 is 11.6 Å². The van der Waals surface area contributed by atoms with Gasteiger partial charge in [0.25, 0.3) is 0 Å². The fourth-order valence-electron chi connectivity index (χ4n) is 3.68. The van der Waals surface area contributed by atoms with E-state index >= 15 is 0 Å². The van der Waals surface area contributed by atoms with Crippen molar-refractivity contribution in [3.63, 3.8) is 0 Å². The monoisotopic (exact) mass is 410 g/mol. The van der Waals surface area contributed by atoms with Crippen LogP contribution < -0.4 is 9.80 Å². The maximum atomic E-state index is 9.40. The summed E-state index contributed by atoms with van der Waals surface area (Å²) in [7, 11) is 0. The molecule has 2 aliphatic rings. The first-order valence-electron chi connectivity index (χ1n) is 9.62. The lowest BCUT2D eigenvalue weighted by Crippen LogP contribution is -2.37. The average molecular weight is 411 g/mol.